The van der Waals surface area contributed by atoms with E-state index in [4.69, 9.17) is 9.47 Å². The second kappa shape index (κ2) is 6.82. The fraction of sp³-hybridized carbons (Fsp3) is 0.211. The highest BCUT2D eigenvalue weighted by atomic mass is 19.4. The summed E-state index contributed by atoms with van der Waals surface area (Å²) < 4.78 is 63.3. The Morgan fingerprint density at radius 2 is 1.73 bits per heavy atom. The van der Waals surface area contributed by atoms with Crippen LogP contribution in [0.25, 0.3) is 0 Å². The monoisotopic (exact) mass is 366 g/mol. The minimum Gasteiger partial charge on any atom is -0.476 e. The van der Waals surface area contributed by atoms with E-state index in [1.165, 1.54) is 0 Å². The van der Waals surface area contributed by atoms with Crippen LogP contribution in [0.2, 0.25) is 0 Å². The molecule has 0 saturated carbocycles. The first kappa shape index (κ1) is 18.0. The lowest BCUT2D eigenvalue weighted by molar-refractivity contribution is -0.309. The summed E-state index contributed by atoms with van der Waals surface area (Å²) >= 11 is 0. The number of carbonyl (C=O) groups is 1. The van der Waals surface area contributed by atoms with Crippen LogP contribution in [0.1, 0.15) is 17.5 Å². The summed E-state index contributed by atoms with van der Waals surface area (Å²) in [6, 6.07) is 12.8. The molecule has 26 heavy (non-hydrogen) atoms. The van der Waals surface area contributed by atoms with Crippen molar-refractivity contribution in [1.82, 2.24) is 0 Å². The van der Waals surface area contributed by atoms with Crippen LogP contribution in [0.4, 0.5) is 17.6 Å². The van der Waals surface area contributed by atoms with E-state index < -0.39 is 30.0 Å². The maximum absolute atomic E-state index is 13.5. The number of hydrogen-bond acceptors (Lipinski definition) is 3. The summed E-state index contributed by atoms with van der Waals surface area (Å²) in [4.78, 5) is 11.8. The van der Waals surface area contributed by atoms with E-state index in [2.05, 4.69) is 0 Å². The van der Waals surface area contributed by atoms with Gasteiger partial charge in [0.2, 0.25) is 5.60 Å². The van der Waals surface area contributed by atoms with E-state index in [9.17, 15) is 22.4 Å². The molecule has 3 rings (SSSR count). The van der Waals surface area contributed by atoms with Crippen molar-refractivity contribution in [2.45, 2.75) is 24.8 Å². The summed E-state index contributed by atoms with van der Waals surface area (Å²) in [6.45, 7) is 0.00578. The first-order valence-electron chi connectivity index (χ1n) is 7.73. The van der Waals surface area contributed by atoms with E-state index in [1.54, 1.807) is 24.3 Å². The van der Waals surface area contributed by atoms with E-state index in [0.717, 1.165) is 35.9 Å². The maximum Gasteiger partial charge on any atom is 0.433 e. The first-order valence-corrected chi connectivity index (χ1v) is 7.73. The minimum absolute atomic E-state index is 0.00578. The lowest BCUT2D eigenvalue weighted by atomic mass is 9.83. The predicted molar refractivity (Wildman–Crippen MR) is 84.2 cm³/mol. The third-order valence-corrected chi connectivity index (χ3v) is 4.00. The smallest absolute Gasteiger partial charge is 0.433 e. The Hall–Kier alpha value is -2.83. The van der Waals surface area contributed by atoms with Crippen molar-refractivity contribution in [3.63, 3.8) is 0 Å². The number of rotatable bonds is 4. The average Bonchev–Trinajstić information content (AvgIpc) is 2.56. The second-order valence-corrected chi connectivity index (χ2v) is 5.81. The molecule has 2 aromatic rings. The van der Waals surface area contributed by atoms with Crippen LogP contribution in [0.3, 0.4) is 0 Å². The minimum atomic E-state index is -4.71. The largest absolute Gasteiger partial charge is 0.476 e. The van der Waals surface area contributed by atoms with Crippen molar-refractivity contribution >= 4 is 5.97 Å². The van der Waals surface area contributed by atoms with Crippen molar-refractivity contribution in [1.29, 1.82) is 0 Å². The second-order valence-electron chi connectivity index (χ2n) is 5.81. The van der Waals surface area contributed by atoms with Gasteiger partial charge in [-0.3, -0.25) is 0 Å². The van der Waals surface area contributed by atoms with Gasteiger partial charge in [0, 0.05) is 5.56 Å². The van der Waals surface area contributed by atoms with Crippen LogP contribution in [0.5, 0.6) is 0 Å². The molecule has 3 nitrogen and oxygen atoms in total. The Morgan fingerprint density at radius 1 is 1.12 bits per heavy atom. The fourth-order valence-electron chi connectivity index (χ4n) is 2.64. The van der Waals surface area contributed by atoms with Gasteiger partial charge in [0.1, 0.15) is 18.2 Å². The molecule has 0 bridgehead atoms. The zero-order valence-corrected chi connectivity index (χ0v) is 13.4. The van der Waals surface area contributed by atoms with Crippen LogP contribution >= 0.6 is 0 Å². The SMILES string of the molecule is O=C(/C=C1\C[C@](c2ccc(F)cc2)(C(F)(F)F)O1)OCc1ccccc1. The molecule has 136 valence electrons. The van der Waals surface area contributed by atoms with Crippen molar-refractivity contribution in [2.75, 3.05) is 0 Å². The molecular weight excluding hydrogens is 352 g/mol. The molecule has 0 aliphatic carbocycles. The zero-order chi connectivity index (χ0) is 18.8. The molecule has 0 amide bonds. The van der Waals surface area contributed by atoms with Gasteiger partial charge in [-0.15, -0.1) is 0 Å². The number of hydrogen-bond donors (Lipinski definition) is 0. The van der Waals surface area contributed by atoms with Gasteiger partial charge in [0.25, 0.3) is 0 Å². The molecule has 0 N–H and O–H groups in total. The van der Waals surface area contributed by atoms with Crippen molar-refractivity contribution in [3.8, 4) is 0 Å². The van der Waals surface area contributed by atoms with E-state index in [1.807, 2.05) is 6.07 Å². The van der Waals surface area contributed by atoms with Gasteiger partial charge in [-0.05, 0) is 17.7 Å². The zero-order valence-electron chi connectivity index (χ0n) is 13.4. The number of alkyl halides is 3. The summed E-state index contributed by atoms with van der Waals surface area (Å²) in [6.07, 6.45) is -4.37. The van der Waals surface area contributed by atoms with Gasteiger partial charge in [-0.25, -0.2) is 9.18 Å². The van der Waals surface area contributed by atoms with E-state index in [-0.39, 0.29) is 17.9 Å². The summed E-state index contributed by atoms with van der Waals surface area (Å²) in [5.41, 5.74) is -2.04. The quantitative estimate of drug-likeness (QED) is 0.450. The lowest BCUT2D eigenvalue weighted by Gasteiger charge is -2.45. The molecule has 1 aliphatic rings. The molecular formula is C19H14F4O3. The van der Waals surface area contributed by atoms with Gasteiger partial charge in [-0.1, -0.05) is 42.5 Å². The molecule has 1 fully saturated rings. The van der Waals surface area contributed by atoms with Gasteiger partial charge in [-0.2, -0.15) is 13.2 Å². The molecule has 0 radical (unpaired) electrons. The molecule has 1 aliphatic heterocycles. The summed E-state index contributed by atoms with van der Waals surface area (Å²) in [5.74, 6) is -1.57. The predicted octanol–water partition coefficient (Wildman–Crippen LogP) is 4.63. The molecule has 0 aromatic heterocycles. The van der Waals surface area contributed by atoms with Crippen LogP contribution in [-0.2, 0) is 26.5 Å². The molecule has 0 spiro atoms. The Balaban J connectivity index is 1.68. The average molecular weight is 366 g/mol. The number of carbonyl (C=O) groups excluding carboxylic acids is 1. The van der Waals surface area contributed by atoms with Gasteiger partial charge in [0.05, 0.1) is 12.5 Å². The third-order valence-electron chi connectivity index (χ3n) is 4.00. The van der Waals surface area contributed by atoms with Gasteiger partial charge in [0.15, 0.2) is 0 Å². The standard InChI is InChI=1S/C19H14F4O3/c20-15-8-6-14(7-9-15)18(19(21,22)23)11-16(26-18)10-17(24)25-12-13-4-2-1-3-5-13/h1-10H,11-12H2/b16-10+/t18-/m0/s1. The van der Waals surface area contributed by atoms with Crippen molar-refractivity contribution in [2.24, 2.45) is 0 Å². The van der Waals surface area contributed by atoms with E-state index in [0.29, 0.717) is 0 Å². The van der Waals surface area contributed by atoms with E-state index >= 15 is 0 Å². The van der Waals surface area contributed by atoms with Crippen molar-refractivity contribution in [3.05, 3.63) is 83.4 Å². The highest BCUT2D eigenvalue weighted by Gasteiger charge is 2.64. The Morgan fingerprint density at radius 3 is 2.31 bits per heavy atom. The van der Waals surface area contributed by atoms with Gasteiger partial charge >= 0.3 is 12.1 Å². The summed E-state index contributed by atoms with van der Waals surface area (Å²) in [5, 5.41) is 0. The molecule has 2 aromatic carbocycles. The summed E-state index contributed by atoms with van der Waals surface area (Å²) in [7, 11) is 0. The van der Waals surface area contributed by atoms with Crippen LogP contribution in [0, 0.1) is 5.82 Å². The highest BCUT2D eigenvalue weighted by Crippen LogP contribution is 2.54. The molecule has 1 heterocycles. The maximum atomic E-state index is 13.5. The van der Waals surface area contributed by atoms with Crippen LogP contribution < -0.4 is 0 Å². The lowest BCUT2D eigenvalue weighted by Crippen LogP contribution is -2.51. The number of halogens is 4. The molecule has 1 saturated heterocycles. The third kappa shape index (κ3) is 3.56. The molecule has 7 heteroatoms. The van der Waals surface area contributed by atoms with Crippen LogP contribution in [0.15, 0.2) is 66.4 Å². The topological polar surface area (TPSA) is 35.5 Å². The molecule has 1 atom stereocenters. The van der Waals surface area contributed by atoms with Crippen LogP contribution in [-0.4, -0.2) is 12.1 Å². The molecule has 0 unspecified atom stereocenters. The Bertz CT molecular complexity index is 803. The normalized spacial score (nSPS) is 21.0. The highest BCUT2D eigenvalue weighted by molar-refractivity contribution is 5.82. The first-order chi connectivity index (χ1) is 12.3. The van der Waals surface area contributed by atoms with Gasteiger partial charge < -0.3 is 9.47 Å². The van der Waals surface area contributed by atoms with Crippen molar-refractivity contribution < 1.29 is 31.8 Å². The number of ether oxygens (including phenoxy) is 2. The Kier molecular flexibility index (Phi) is 4.71. The Labute approximate surface area is 146 Å². The number of esters is 1. The fourth-order valence-corrected chi connectivity index (χ4v) is 2.64. The number of benzene rings is 2.